The summed E-state index contributed by atoms with van der Waals surface area (Å²) in [5.41, 5.74) is 0. The third kappa shape index (κ3) is 36.1. The average molecular weight is 706 g/mol. The second kappa shape index (κ2) is 40.1. The molecule has 0 saturated heterocycles. The van der Waals surface area contributed by atoms with Crippen molar-refractivity contribution < 1.29 is 24.5 Å². The number of aliphatic hydroxyl groups is 2. The Morgan fingerprint density at radius 1 is 0.540 bits per heavy atom. The molecular weight excluding hydrogens is 622 g/mol. The van der Waals surface area contributed by atoms with E-state index in [0.29, 0.717) is 19.4 Å². The van der Waals surface area contributed by atoms with Crippen LogP contribution in [0.15, 0.2) is 24.3 Å². The van der Waals surface area contributed by atoms with Crippen LogP contribution in [0.1, 0.15) is 219 Å². The number of hydrogen-bond acceptors (Lipinski definition) is 5. The summed E-state index contributed by atoms with van der Waals surface area (Å²) < 4.78 is 5.42. The lowest BCUT2D eigenvalue weighted by molar-refractivity contribution is -0.143. The first-order valence-electron chi connectivity index (χ1n) is 21.6. The molecule has 0 aromatic rings. The van der Waals surface area contributed by atoms with Gasteiger partial charge in [-0.25, -0.2) is 0 Å². The van der Waals surface area contributed by atoms with Crippen LogP contribution in [-0.4, -0.2) is 47.4 Å². The molecule has 0 radical (unpaired) electrons. The smallest absolute Gasteiger partial charge is 0.305 e. The highest BCUT2D eigenvalue weighted by Crippen LogP contribution is 2.14. The first-order valence-corrected chi connectivity index (χ1v) is 21.6. The van der Waals surface area contributed by atoms with Gasteiger partial charge in [0.25, 0.3) is 0 Å². The van der Waals surface area contributed by atoms with Gasteiger partial charge in [-0.15, -0.1) is 0 Å². The topological polar surface area (TPSA) is 95.9 Å². The summed E-state index contributed by atoms with van der Waals surface area (Å²) in [5, 5.41) is 22.8. The van der Waals surface area contributed by atoms with E-state index >= 15 is 0 Å². The predicted molar refractivity (Wildman–Crippen MR) is 213 cm³/mol. The molecule has 6 nitrogen and oxygen atoms in total. The molecule has 0 aliphatic heterocycles. The van der Waals surface area contributed by atoms with Gasteiger partial charge in [0.1, 0.15) is 0 Å². The van der Waals surface area contributed by atoms with Crippen molar-refractivity contribution in [2.24, 2.45) is 0 Å². The minimum Gasteiger partial charge on any atom is -0.466 e. The Kier molecular flexibility index (Phi) is 38.8. The third-order valence-electron chi connectivity index (χ3n) is 9.72. The molecule has 294 valence electrons. The molecule has 0 aliphatic rings. The van der Waals surface area contributed by atoms with Gasteiger partial charge in [0, 0.05) is 12.8 Å². The van der Waals surface area contributed by atoms with Gasteiger partial charge in [-0.05, 0) is 51.4 Å². The van der Waals surface area contributed by atoms with Crippen LogP contribution in [-0.2, 0) is 14.3 Å². The number of amides is 1. The Bertz CT molecular complexity index is 782. The van der Waals surface area contributed by atoms with Crippen LogP contribution >= 0.6 is 0 Å². The van der Waals surface area contributed by atoms with Gasteiger partial charge in [-0.3, -0.25) is 9.59 Å². The second-order valence-electron chi connectivity index (χ2n) is 14.7. The highest BCUT2D eigenvalue weighted by atomic mass is 16.5. The molecule has 0 saturated carbocycles. The summed E-state index contributed by atoms with van der Waals surface area (Å²) in [6.07, 6.45) is 44.5. The third-order valence-corrected chi connectivity index (χ3v) is 9.72. The molecule has 0 heterocycles. The average Bonchev–Trinajstić information content (AvgIpc) is 3.11. The zero-order valence-corrected chi connectivity index (χ0v) is 33.1. The van der Waals surface area contributed by atoms with Crippen LogP contribution in [0.25, 0.3) is 0 Å². The number of hydrogen-bond donors (Lipinski definition) is 3. The number of carbonyl (C=O) groups is 2. The summed E-state index contributed by atoms with van der Waals surface area (Å²) in [5.74, 6) is -0.168. The Morgan fingerprint density at radius 2 is 0.960 bits per heavy atom. The maximum atomic E-state index is 12.3. The molecule has 2 unspecified atom stereocenters. The maximum Gasteiger partial charge on any atom is 0.305 e. The van der Waals surface area contributed by atoms with Crippen LogP contribution in [0.4, 0.5) is 0 Å². The van der Waals surface area contributed by atoms with Crippen molar-refractivity contribution in [1.29, 1.82) is 0 Å². The number of nitrogens with one attached hydrogen (secondary N) is 1. The van der Waals surface area contributed by atoms with E-state index in [-0.39, 0.29) is 18.5 Å². The van der Waals surface area contributed by atoms with E-state index in [1.165, 1.54) is 122 Å². The van der Waals surface area contributed by atoms with Crippen molar-refractivity contribution in [3.8, 4) is 0 Å². The molecule has 3 N–H and O–H groups in total. The molecular formula is C44H83NO5. The molecule has 0 fully saturated rings. The first kappa shape index (κ1) is 48.3. The number of rotatable bonds is 39. The summed E-state index contributed by atoms with van der Waals surface area (Å²) >= 11 is 0. The molecule has 0 aromatic heterocycles. The Morgan fingerprint density at radius 3 is 1.46 bits per heavy atom. The lowest BCUT2D eigenvalue weighted by Crippen LogP contribution is -2.45. The molecule has 1 amide bonds. The predicted octanol–water partition coefficient (Wildman–Crippen LogP) is 12.0. The van der Waals surface area contributed by atoms with Gasteiger partial charge in [-0.2, -0.15) is 0 Å². The quantitative estimate of drug-likeness (QED) is 0.0336. The van der Waals surface area contributed by atoms with Crippen molar-refractivity contribution in [2.75, 3.05) is 13.2 Å². The molecule has 0 aromatic carbocycles. The van der Waals surface area contributed by atoms with Crippen molar-refractivity contribution in [2.45, 2.75) is 231 Å². The fourth-order valence-electron chi connectivity index (χ4n) is 6.34. The SMILES string of the molecule is CCCCCCCCCC/C=C/C(O)C(CO)NC(=O)CCC/C=C\CCCCCCOC(=O)CCCCCCCCCCCCCCCC. The van der Waals surface area contributed by atoms with Gasteiger partial charge in [0.2, 0.25) is 5.91 Å². The molecule has 2 atom stereocenters. The fourth-order valence-corrected chi connectivity index (χ4v) is 6.34. The largest absolute Gasteiger partial charge is 0.466 e. The summed E-state index contributed by atoms with van der Waals surface area (Å²) in [6.45, 7) is 4.77. The molecule has 0 spiro atoms. The van der Waals surface area contributed by atoms with E-state index in [2.05, 4.69) is 31.3 Å². The minimum absolute atomic E-state index is 0.0372. The molecule has 6 heteroatoms. The molecule has 0 bridgehead atoms. The van der Waals surface area contributed by atoms with Gasteiger partial charge in [0.15, 0.2) is 0 Å². The highest BCUT2D eigenvalue weighted by Gasteiger charge is 2.17. The van der Waals surface area contributed by atoms with E-state index in [1.54, 1.807) is 6.08 Å². The normalized spacial score (nSPS) is 13.0. The molecule has 50 heavy (non-hydrogen) atoms. The fraction of sp³-hybridized carbons (Fsp3) is 0.864. The van der Waals surface area contributed by atoms with Gasteiger partial charge in [-0.1, -0.05) is 179 Å². The van der Waals surface area contributed by atoms with Crippen molar-refractivity contribution in [1.82, 2.24) is 5.32 Å². The number of esters is 1. The lowest BCUT2D eigenvalue weighted by atomic mass is 10.0. The highest BCUT2D eigenvalue weighted by molar-refractivity contribution is 5.76. The minimum atomic E-state index is -0.872. The number of aliphatic hydroxyl groups excluding tert-OH is 2. The summed E-state index contributed by atoms with van der Waals surface area (Å²) in [7, 11) is 0. The monoisotopic (exact) mass is 706 g/mol. The van der Waals surface area contributed by atoms with Crippen LogP contribution in [0.3, 0.4) is 0 Å². The Balaban J connectivity index is 3.57. The summed E-state index contributed by atoms with van der Waals surface area (Å²) in [4.78, 5) is 24.3. The second-order valence-corrected chi connectivity index (χ2v) is 14.7. The van der Waals surface area contributed by atoms with Crippen LogP contribution in [0.2, 0.25) is 0 Å². The molecule has 0 rings (SSSR count). The van der Waals surface area contributed by atoms with Crippen LogP contribution in [0, 0.1) is 0 Å². The van der Waals surface area contributed by atoms with E-state index in [9.17, 15) is 19.8 Å². The summed E-state index contributed by atoms with van der Waals surface area (Å²) in [6, 6.07) is -0.662. The number of allylic oxidation sites excluding steroid dienone is 3. The van der Waals surface area contributed by atoms with Gasteiger partial charge < -0.3 is 20.3 Å². The standard InChI is InChI=1S/C44H83NO5/c1-3-5-7-9-11-13-15-16-17-18-22-26-30-34-38-44(49)50-39-35-31-27-23-19-21-25-29-33-37-43(48)45-41(40-46)42(47)36-32-28-24-20-14-12-10-8-6-4-2/h21,25,32,36,41-42,46-47H,3-20,22-24,26-31,33-35,37-40H2,1-2H3,(H,45,48)/b25-21-,36-32+. The number of unbranched alkanes of at least 4 members (excludes halogenated alkanes) is 26. The van der Waals surface area contributed by atoms with Crippen LogP contribution in [0.5, 0.6) is 0 Å². The Labute approximate surface area is 310 Å². The van der Waals surface area contributed by atoms with E-state index in [0.717, 1.165) is 70.6 Å². The van der Waals surface area contributed by atoms with Gasteiger partial charge in [0.05, 0.1) is 25.4 Å². The zero-order chi connectivity index (χ0) is 36.6. The van der Waals surface area contributed by atoms with Crippen molar-refractivity contribution in [3.63, 3.8) is 0 Å². The number of carbonyl (C=O) groups excluding carboxylic acids is 2. The van der Waals surface area contributed by atoms with Crippen molar-refractivity contribution >= 4 is 11.9 Å². The van der Waals surface area contributed by atoms with E-state index in [1.807, 2.05) is 6.08 Å². The maximum absolute atomic E-state index is 12.3. The zero-order valence-electron chi connectivity index (χ0n) is 33.1. The lowest BCUT2D eigenvalue weighted by Gasteiger charge is -2.19. The Hall–Kier alpha value is -1.66. The van der Waals surface area contributed by atoms with Crippen molar-refractivity contribution in [3.05, 3.63) is 24.3 Å². The van der Waals surface area contributed by atoms with Gasteiger partial charge >= 0.3 is 5.97 Å². The van der Waals surface area contributed by atoms with E-state index < -0.39 is 12.1 Å². The molecule has 0 aliphatic carbocycles. The first-order chi connectivity index (χ1) is 24.5. The number of ether oxygens (including phenoxy) is 1. The van der Waals surface area contributed by atoms with Crippen LogP contribution < -0.4 is 5.32 Å². The van der Waals surface area contributed by atoms with E-state index in [4.69, 9.17) is 4.74 Å².